The third-order valence-electron chi connectivity index (χ3n) is 1.23. The van der Waals surface area contributed by atoms with Crippen molar-refractivity contribution < 1.29 is 12.4 Å². The highest BCUT2D eigenvalue weighted by molar-refractivity contribution is 5.79. The maximum atomic E-state index is 8.33. The Balaban J connectivity index is 0.00000121. The Morgan fingerprint density at radius 2 is 1.92 bits per heavy atom. The Bertz CT molecular complexity index is 298. The molecule has 0 saturated carbocycles. The summed E-state index contributed by atoms with van der Waals surface area (Å²) in [4.78, 5) is 3.00. The predicted molar refractivity (Wildman–Crippen MR) is 43.0 cm³/mol. The molecule has 0 aromatic heterocycles. The lowest BCUT2D eigenvalue weighted by Gasteiger charge is -1.84. The van der Waals surface area contributed by atoms with Gasteiger partial charge in [-0.2, -0.15) is 5.10 Å². The molecule has 0 aliphatic rings. The van der Waals surface area contributed by atoms with E-state index in [2.05, 4.69) is 10.1 Å². The van der Waals surface area contributed by atoms with Gasteiger partial charge in [-0.15, -0.1) is 0 Å². The van der Waals surface area contributed by atoms with Crippen LogP contribution in [-0.4, -0.2) is 6.21 Å². The zero-order valence-electron chi connectivity index (χ0n) is 6.18. The van der Waals surface area contributed by atoms with Crippen LogP contribution in [0.25, 0.3) is 4.98 Å². The average molecular weight is 183 g/mol. The van der Waals surface area contributed by atoms with Gasteiger partial charge in [0.2, 0.25) is 5.39 Å². The lowest BCUT2D eigenvalue weighted by atomic mass is 10.2. The first-order chi connectivity index (χ1) is 5.36. The Morgan fingerprint density at radius 1 is 1.33 bits per heavy atom. The number of hydrogen-bond donors (Lipinski definition) is 1. The van der Waals surface area contributed by atoms with Gasteiger partial charge in [-0.1, -0.05) is 0 Å². The molecule has 1 aromatic rings. The molecule has 0 atom stereocenters. The summed E-state index contributed by atoms with van der Waals surface area (Å²) in [6.45, 7) is 0. The minimum absolute atomic E-state index is 0. The van der Waals surface area contributed by atoms with E-state index < -0.39 is 0 Å². The summed E-state index contributed by atoms with van der Waals surface area (Å²) in [5.74, 6) is 4.93. The van der Waals surface area contributed by atoms with Gasteiger partial charge in [-0.3, -0.25) is 0 Å². The number of halogens is 1. The lowest BCUT2D eigenvalue weighted by molar-refractivity contribution is -0.00000252. The van der Waals surface area contributed by atoms with Crippen LogP contribution in [0.1, 0.15) is 5.56 Å². The zero-order chi connectivity index (χ0) is 8.10. The molecular formula is C7H7ClN4. The van der Waals surface area contributed by atoms with E-state index in [1.165, 1.54) is 6.21 Å². The summed E-state index contributed by atoms with van der Waals surface area (Å²) in [6, 6.07) is 6.84. The number of hydrazone groups is 1. The maximum Gasteiger partial charge on any atom is 0.385 e. The molecule has 0 bridgehead atoms. The van der Waals surface area contributed by atoms with Crippen molar-refractivity contribution in [2.75, 3.05) is 0 Å². The van der Waals surface area contributed by atoms with Crippen LogP contribution in [0.5, 0.6) is 0 Å². The Hall–Kier alpha value is -1.60. The highest BCUT2D eigenvalue weighted by atomic mass is 35.5. The second kappa shape index (κ2) is 5.10. The molecule has 0 saturated heterocycles. The van der Waals surface area contributed by atoms with Gasteiger partial charge in [0.15, 0.2) is 4.98 Å². The fourth-order valence-electron chi connectivity index (χ4n) is 0.713. The second-order valence-electron chi connectivity index (χ2n) is 1.97. The molecule has 1 rings (SSSR count). The first-order valence-electron chi connectivity index (χ1n) is 3.05. The van der Waals surface area contributed by atoms with Gasteiger partial charge in [-0.25, -0.2) is 0 Å². The molecule has 0 aliphatic carbocycles. The molecule has 0 spiro atoms. The monoisotopic (exact) mass is 182 g/mol. The van der Waals surface area contributed by atoms with Gasteiger partial charge in [0.25, 0.3) is 0 Å². The van der Waals surface area contributed by atoms with Crippen molar-refractivity contribution in [1.29, 1.82) is 5.39 Å². The van der Waals surface area contributed by atoms with Crippen LogP contribution in [0.3, 0.4) is 0 Å². The lowest BCUT2D eigenvalue weighted by Crippen LogP contribution is -3.00. The van der Waals surface area contributed by atoms with Crippen LogP contribution in [0.15, 0.2) is 29.4 Å². The van der Waals surface area contributed by atoms with Crippen LogP contribution in [-0.2, 0) is 0 Å². The van der Waals surface area contributed by atoms with Crippen molar-refractivity contribution in [2.24, 2.45) is 10.9 Å². The quantitative estimate of drug-likeness (QED) is 0.248. The topological polar surface area (TPSA) is 66.5 Å². The van der Waals surface area contributed by atoms with Gasteiger partial charge in [0.1, 0.15) is 0 Å². The number of nitrogens with zero attached hydrogens (tertiary/aromatic N) is 3. The van der Waals surface area contributed by atoms with Crippen molar-refractivity contribution in [3.63, 3.8) is 0 Å². The first kappa shape index (κ1) is 10.4. The van der Waals surface area contributed by atoms with Crippen LogP contribution < -0.4 is 18.2 Å². The van der Waals surface area contributed by atoms with Crippen LogP contribution in [0.2, 0.25) is 0 Å². The minimum atomic E-state index is 0. The van der Waals surface area contributed by atoms with Gasteiger partial charge in [-0.05, 0) is 17.7 Å². The van der Waals surface area contributed by atoms with Gasteiger partial charge in [0, 0.05) is 12.1 Å². The van der Waals surface area contributed by atoms with Crippen LogP contribution in [0.4, 0.5) is 5.69 Å². The summed E-state index contributed by atoms with van der Waals surface area (Å²) >= 11 is 0. The molecule has 5 heteroatoms. The highest BCUT2D eigenvalue weighted by Gasteiger charge is 2.00. The van der Waals surface area contributed by atoms with Crippen molar-refractivity contribution in [3.05, 3.63) is 34.8 Å². The van der Waals surface area contributed by atoms with Crippen LogP contribution in [0, 0.1) is 5.39 Å². The highest BCUT2D eigenvalue weighted by Crippen LogP contribution is 2.10. The second-order valence-corrected chi connectivity index (χ2v) is 1.97. The maximum absolute atomic E-state index is 8.33. The smallest absolute Gasteiger partial charge is 0.385 e. The van der Waals surface area contributed by atoms with Crippen molar-refractivity contribution in [3.8, 4) is 0 Å². The SMILES string of the molecule is N#[N+]c1ccc(/C=N/N)cc1.[Cl-]. The average Bonchev–Trinajstić information content (AvgIpc) is 2.07. The molecule has 0 fully saturated rings. The van der Waals surface area contributed by atoms with E-state index in [1.807, 2.05) is 0 Å². The zero-order valence-corrected chi connectivity index (χ0v) is 6.94. The number of hydrogen-bond acceptors (Lipinski definition) is 3. The molecule has 0 amide bonds. The summed E-state index contributed by atoms with van der Waals surface area (Å²) in [6.07, 6.45) is 1.52. The van der Waals surface area contributed by atoms with Gasteiger partial charge >= 0.3 is 5.69 Å². The minimum Gasteiger partial charge on any atom is -1.00 e. The normalized spacial score (nSPS) is 8.92. The summed E-state index contributed by atoms with van der Waals surface area (Å²) < 4.78 is 0. The molecule has 0 heterocycles. The number of benzene rings is 1. The number of nitrogens with two attached hydrogens (primary N) is 1. The Morgan fingerprint density at radius 3 is 2.33 bits per heavy atom. The summed E-state index contributed by atoms with van der Waals surface area (Å²) in [7, 11) is 0. The van der Waals surface area contributed by atoms with E-state index in [9.17, 15) is 0 Å². The van der Waals surface area contributed by atoms with E-state index >= 15 is 0 Å². The molecule has 0 unspecified atom stereocenters. The fourth-order valence-corrected chi connectivity index (χ4v) is 0.713. The molecular weight excluding hydrogens is 176 g/mol. The molecule has 0 radical (unpaired) electrons. The van der Waals surface area contributed by atoms with E-state index in [4.69, 9.17) is 11.2 Å². The Kier molecular flexibility index (Phi) is 4.42. The standard InChI is InChI=1S/C7H7N4.ClH/c8-10-5-6-1-3-7(11-9)4-2-6;/h1-5H,8H2;1H/q+1;/p-1/b10-5+;. The summed E-state index contributed by atoms with van der Waals surface area (Å²) in [5, 5.41) is 11.7. The molecule has 62 valence electrons. The fraction of sp³-hybridized carbons (Fsp3) is 0. The van der Waals surface area contributed by atoms with E-state index in [1.54, 1.807) is 24.3 Å². The van der Waals surface area contributed by atoms with E-state index in [-0.39, 0.29) is 12.4 Å². The van der Waals surface area contributed by atoms with E-state index in [0.29, 0.717) is 5.69 Å². The van der Waals surface area contributed by atoms with Gasteiger partial charge in [0.05, 0.1) is 6.21 Å². The molecule has 0 aliphatic heterocycles. The Labute approximate surface area is 76.1 Å². The number of diazo groups is 1. The molecule has 4 nitrogen and oxygen atoms in total. The molecule has 12 heavy (non-hydrogen) atoms. The third-order valence-corrected chi connectivity index (χ3v) is 1.23. The van der Waals surface area contributed by atoms with Crippen LogP contribution >= 0.6 is 0 Å². The molecule has 1 aromatic carbocycles. The van der Waals surface area contributed by atoms with Crippen molar-refractivity contribution in [2.45, 2.75) is 0 Å². The predicted octanol–water partition coefficient (Wildman–Crippen LogP) is -1.53. The van der Waals surface area contributed by atoms with Crippen molar-refractivity contribution in [1.82, 2.24) is 0 Å². The largest absolute Gasteiger partial charge is 1.00 e. The number of rotatable bonds is 1. The van der Waals surface area contributed by atoms with Gasteiger partial charge < -0.3 is 18.2 Å². The first-order valence-corrected chi connectivity index (χ1v) is 3.05. The molecule has 2 N–H and O–H groups in total. The van der Waals surface area contributed by atoms with E-state index in [0.717, 1.165) is 5.56 Å². The van der Waals surface area contributed by atoms with Crippen molar-refractivity contribution >= 4 is 11.9 Å². The third kappa shape index (κ3) is 2.56. The summed E-state index contributed by atoms with van der Waals surface area (Å²) in [5.41, 5.74) is 1.39.